The summed E-state index contributed by atoms with van der Waals surface area (Å²) in [4.78, 5) is 17.8. The topological polar surface area (TPSA) is 106 Å². The lowest BCUT2D eigenvalue weighted by atomic mass is 9.96. The van der Waals surface area contributed by atoms with Gasteiger partial charge in [-0.1, -0.05) is 30.9 Å². The number of nitrogens with one attached hydrogen (secondary N) is 3. The third kappa shape index (κ3) is 5.95. The van der Waals surface area contributed by atoms with Gasteiger partial charge in [0.05, 0.1) is 12.1 Å². The Morgan fingerprint density at radius 1 is 1.32 bits per heavy atom. The average molecular weight is 451 g/mol. The number of rotatable bonds is 10. The van der Waals surface area contributed by atoms with E-state index in [0.29, 0.717) is 54.7 Å². The maximum atomic E-state index is 13.0. The minimum atomic E-state index is -0.151. The van der Waals surface area contributed by atoms with Crippen molar-refractivity contribution in [1.82, 2.24) is 14.9 Å². The first-order chi connectivity index (χ1) is 15.1. The lowest BCUT2D eigenvalue weighted by Crippen LogP contribution is -2.29. The lowest BCUT2D eigenvalue weighted by Gasteiger charge is -2.24. The van der Waals surface area contributed by atoms with E-state index in [1.165, 1.54) is 19.3 Å². The van der Waals surface area contributed by atoms with Gasteiger partial charge >= 0.3 is 0 Å². The molecule has 9 heteroatoms. The van der Waals surface area contributed by atoms with E-state index >= 15 is 0 Å². The number of amides is 1. The molecule has 0 aromatic carbocycles. The predicted octanol–water partition coefficient (Wildman–Crippen LogP) is 3.57. The first-order valence-electron chi connectivity index (χ1n) is 11.3. The summed E-state index contributed by atoms with van der Waals surface area (Å²) in [6.45, 7) is 3.98. The van der Waals surface area contributed by atoms with E-state index < -0.39 is 0 Å². The molecule has 172 valence electrons. The predicted molar refractivity (Wildman–Crippen MR) is 125 cm³/mol. The summed E-state index contributed by atoms with van der Waals surface area (Å²) in [6.07, 6.45) is 9.45. The normalized spacial score (nSPS) is 17.4. The van der Waals surface area contributed by atoms with Gasteiger partial charge in [0.15, 0.2) is 11.5 Å². The Balaban J connectivity index is 1.98. The van der Waals surface area contributed by atoms with Crippen LogP contribution < -0.4 is 21.7 Å². The van der Waals surface area contributed by atoms with Crippen LogP contribution in [0.2, 0.25) is 0 Å². The molecular formula is C22H35ClN6O2. The quantitative estimate of drug-likeness (QED) is 0.434. The van der Waals surface area contributed by atoms with Gasteiger partial charge in [-0.05, 0) is 37.8 Å². The second kappa shape index (κ2) is 11.4. The van der Waals surface area contributed by atoms with Crippen molar-refractivity contribution in [3.8, 4) is 0 Å². The van der Waals surface area contributed by atoms with Crippen LogP contribution in [0.4, 0.5) is 11.8 Å². The average Bonchev–Trinajstić information content (AvgIpc) is 3.10. The van der Waals surface area contributed by atoms with Crippen LogP contribution in [0.1, 0.15) is 62.4 Å². The number of methoxy groups -OCH3 is 1. The van der Waals surface area contributed by atoms with Gasteiger partial charge in [-0.2, -0.15) is 4.98 Å². The molecule has 1 saturated carbocycles. The molecule has 31 heavy (non-hydrogen) atoms. The molecule has 1 aromatic heterocycles. The molecule has 2 aliphatic rings. The highest BCUT2D eigenvalue weighted by Crippen LogP contribution is 2.31. The number of imidazole rings is 1. The zero-order valence-corrected chi connectivity index (χ0v) is 19.4. The molecule has 0 aliphatic heterocycles. The van der Waals surface area contributed by atoms with E-state index in [0.717, 1.165) is 37.0 Å². The van der Waals surface area contributed by atoms with Crippen molar-refractivity contribution in [3.63, 3.8) is 0 Å². The van der Waals surface area contributed by atoms with E-state index in [1.54, 1.807) is 7.11 Å². The molecule has 0 spiro atoms. The highest BCUT2D eigenvalue weighted by Gasteiger charge is 2.26. The maximum Gasteiger partial charge on any atom is 0.271 e. The summed E-state index contributed by atoms with van der Waals surface area (Å²) in [7, 11) is 1.64. The van der Waals surface area contributed by atoms with Crippen LogP contribution in [-0.4, -0.2) is 48.2 Å². The van der Waals surface area contributed by atoms with Crippen molar-refractivity contribution in [2.24, 2.45) is 5.73 Å². The monoisotopic (exact) mass is 450 g/mol. The molecule has 1 fully saturated rings. The third-order valence-corrected chi connectivity index (χ3v) is 6.09. The molecule has 0 atom stereocenters. The summed E-state index contributed by atoms with van der Waals surface area (Å²) in [5.74, 6) is 1.92. The van der Waals surface area contributed by atoms with Crippen LogP contribution in [0, 0.1) is 0 Å². The molecule has 5 N–H and O–H groups in total. The van der Waals surface area contributed by atoms with Gasteiger partial charge < -0.3 is 31.0 Å². The van der Waals surface area contributed by atoms with Gasteiger partial charge in [0.2, 0.25) is 5.95 Å². The minimum Gasteiger partial charge on any atom is -0.500 e. The molecule has 1 amide bonds. The number of carbonyl (C=O) groups is 1. The van der Waals surface area contributed by atoms with Crippen LogP contribution in [-0.2, 0) is 11.3 Å². The SMILES string of the molecule is CCNC(=O)c1c(NCCN)nc(NC2CCCCC2)n1CC1=CC(Cl)=C(OC)CC1. The molecule has 0 radical (unpaired) electrons. The molecule has 3 rings (SSSR count). The number of nitrogens with two attached hydrogens (primary N) is 1. The van der Waals surface area contributed by atoms with Crippen molar-refractivity contribution >= 4 is 29.3 Å². The zero-order valence-electron chi connectivity index (χ0n) is 18.6. The van der Waals surface area contributed by atoms with Crippen LogP contribution in [0.3, 0.4) is 0 Å². The Bertz CT molecular complexity index is 826. The number of nitrogens with zero attached hydrogens (tertiary/aromatic N) is 2. The summed E-state index contributed by atoms with van der Waals surface area (Å²) >= 11 is 6.40. The summed E-state index contributed by atoms with van der Waals surface area (Å²) in [6, 6.07) is 0.364. The van der Waals surface area contributed by atoms with Crippen molar-refractivity contribution in [2.75, 3.05) is 37.4 Å². The lowest BCUT2D eigenvalue weighted by molar-refractivity contribution is 0.0948. The van der Waals surface area contributed by atoms with Crippen molar-refractivity contribution in [2.45, 2.75) is 64.5 Å². The van der Waals surface area contributed by atoms with Crippen LogP contribution in [0.15, 0.2) is 22.4 Å². The van der Waals surface area contributed by atoms with Gasteiger partial charge in [0.25, 0.3) is 5.91 Å². The Kier molecular flexibility index (Phi) is 8.66. The number of hydrogen-bond donors (Lipinski definition) is 4. The van der Waals surface area contributed by atoms with Crippen molar-refractivity contribution < 1.29 is 9.53 Å². The third-order valence-electron chi connectivity index (χ3n) is 5.77. The van der Waals surface area contributed by atoms with E-state index in [2.05, 4.69) is 16.0 Å². The van der Waals surface area contributed by atoms with Gasteiger partial charge in [0, 0.05) is 38.6 Å². The molecule has 8 nitrogen and oxygen atoms in total. The van der Waals surface area contributed by atoms with Crippen LogP contribution >= 0.6 is 11.6 Å². The number of anilines is 2. The number of halogens is 1. The Hall–Kier alpha value is -2.19. The Labute approximate surface area is 189 Å². The Morgan fingerprint density at radius 3 is 2.74 bits per heavy atom. The molecule has 1 heterocycles. The zero-order chi connectivity index (χ0) is 22.2. The van der Waals surface area contributed by atoms with Crippen molar-refractivity contribution in [3.05, 3.63) is 28.1 Å². The first kappa shape index (κ1) is 23.5. The number of ether oxygens (including phenoxy) is 1. The number of carbonyl (C=O) groups excluding carboxylic acids is 1. The smallest absolute Gasteiger partial charge is 0.271 e. The van der Waals surface area contributed by atoms with Crippen LogP contribution in [0.5, 0.6) is 0 Å². The van der Waals surface area contributed by atoms with Crippen molar-refractivity contribution in [1.29, 1.82) is 0 Å². The van der Waals surface area contributed by atoms with E-state index in [-0.39, 0.29) is 5.91 Å². The van der Waals surface area contributed by atoms with Gasteiger partial charge in [-0.3, -0.25) is 4.79 Å². The largest absolute Gasteiger partial charge is 0.500 e. The molecule has 0 unspecified atom stereocenters. The number of aromatic nitrogens is 2. The summed E-state index contributed by atoms with van der Waals surface area (Å²) in [5, 5.41) is 10.4. The number of hydrogen-bond acceptors (Lipinski definition) is 6. The molecular weight excluding hydrogens is 416 g/mol. The summed E-state index contributed by atoms with van der Waals surface area (Å²) in [5.41, 5.74) is 7.34. The van der Waals surface area contributed by atoms with Gasteiger partial charge in [0.1, 0.15) is 5.76 Å². The highest BCUT2D eigenvalue weighted by molar-refractivity contribution is 6.31. The second-order valence-corrected chi connectivity index (χ2v) is 8.46. The molecule has 0 saturated heterocycles. The van der Waals surface area contributed by atoms with Gasteiger partial charge in [-0.25, -0.2) is 0 Å². The van der Waals surface area contributed by atoms with Crippen LogP contribution in [0.25, 0.3) is 0 Å². The highest BCUT2D eigenvalue weighted by atomic mass is 35.5. The minimum absolute atomic E-state index is 0.151. The second-order valence-electron chi connectivity index (χ2n) is 8.05. The maximum absolute atomic E-state index is 13.0. The molecule has 1 aromatic rings. The fourth-order valence-corrected chi connectivity index (χ4v) is 4.51. The number of allylic oxidation sites excluding steroid dienone is 4. The van der Waals surface area contributed by atoms with E-state index in [1.807, 2.05) is 17.6 Å². The van der Waals surface area contributed by atoms with E-state index in [9.17, 15) is 4.79 Å². The standard InChI is InChI=1S/C22H35ClN6O2/c1-3-25-21(30)19-20(26-12-11-24)28-22(27-16-7-5-4-6-8-16)29(19)14-15-9-10-18(31-2)17(23)13-15/h13,16,26H,3-12,14,24H2,1-2H3,(H,25,30)(H,27,28). The van der Waals surface area contributed by atoms with E-state index in [4.69, 9.17) is 27.1 Å². The summed E-state index contributed by atoms with van der Waals surface area (Å²) < 4.78 is 7.33. The fraction of sp³-hybridized carbons (Fsp3) is 0.636. The molecule has 2 aliphatic carbocycles. The Morgan fingerprint density at radius 2 is 2.10 bits per heavy atom. The fourth-order valence-electron chi connectivity index (χ4n) is 4.19. The molecule has 0 bridgehead atoms. The first-order valence-corrected chi connectivity index (χ1v) is 11.7. The van der Waals surface area contributed by atoms with Gasteiger partial charge in [-0.15, -0.1) is 0 Å².